The Morgan fingerprint density at radius 3 is 2.38 bits per heavy atom. The Balaban J connectivity index is 1.85. The van der Waals surface area contributed by atoms with Crippen LogP contribution in [0, 0.1) is 5.82 Å². The molecule has 2 atom stereocenters. The second kappa shape index (κ2) is 6.16. The van der Waals surface area contributed by atoms with Crippen LogP contribution in [0.3, 0.4) is 0 Å². The molecule has 0 bridgehead atoms. The van der Waals surface area contributed by atoms with Crippen molar-refractivity contribution in [2.24, 2.45) is 0 Å². The highest BCUT2D eigenvalue weighted by molar-refractivity contribution is 9.10. The van der Waals surface area contributed by atoms with Crippen molar-refractivity contribution < 1.29 is 13.9 Å². The van der Waals surface area contributed by atoms with Gasteiger partial charge in [0.05, 0.1) is 11.9 Å². The third kappa shape index (κ3) is 3.06. The average molecular weight is 416 g/mol. The van der Waals surface area contributed by atoms with Gasteiger partial charge in [-0.3, -0.25) is 0 Å². The molecule has 2 aromatic rings. The molecule has 1 aliphatic heterocycles. The lowest BCUT2D eigenvalue weighted by molar-refractivity contribution is -0.157. The lowest BCUT2D eigenvalue weighted by Crippen LogP contribution is -2.29. The van der Waals surface area contributed by atoms with Crippen molar-refractivity contribution in [3.05, 3.63) is 69.9 Å². The highest BCUT2D eigenvalue weighted by Gasteiger charge is 2.42. The monoisotopic (exact) mass is 414 g/mol. The van der Waals surface area contributed by atoms with Crippen LogP contribution in [0.25, 0.3) is 0 Å². The van der Waals surface area contributed by atoms with Gasteiger partial charge in [-0.25, -0.2) is 4.39 Å². The van der Waals surface area contributed by atoms with Crippen LogP contribution in [0.2, 0.25) is 0 Å². The summed E-state index contributed by atoms with van der Waals surface area (Å²) < 4.78 is 26.1. The van der Waals surface area contributed by atoms with E-state index in [1.807, 2.05) is 24.3 Å². The first-order valence-corrected chi connectivity index (χ1v) is 8.44. The van der Waals surface area contributed by atoms with E-state index in [9.17, 15) is 4.39 Å². The quantitative estimate of drug-likeness (QED) is 0.662. The Hall–Kier alpha value is -0.750. The van der Waals surface area contributed by atoms with E-state index in [4.69, 9.17) is 9.47 Å². The van der Waals surface area contributed by atoms with E-state index in [1.165, 1.54) is 12.1 Å². The molecule has 1 heterocycles. The van der Waals surface area contributed by atoms with Gasteiger partial charge in [0, 0.05) is 10.0 Å². The molecule has 0 spiro atoms. The lowest BCUT2D eigenvalue weighted by Gasteiger charge is -2.26. The third-order valence-electron chi connectivity index (χ3n) is 3.50. The van der Waals surface area contributed by atoms with E-state index in [0.717, 1.165) is 15.6 Å². The summed E-state index contributed by atoms with van der Waals surface area (Å²) in [6, 6.07) is 14.2. The standard InChI is InChI=1S/C16H13Br2FO2/c17-10-16(12-3-5-13(18)6-4-12)20-9-15(21-16)11-1-7-14(19)8-2-11/h1-8,15H,9-10H2/t15-,16+/m1/s1. The molecule has 1 fully saturated rings. The highest BCUT2D eigenvalue weighted by atomic mass is 79.9. The Kier molecular flexibility index (Phi) is 4.45. The molecule has 0 saturated carbocycles. The molecule has 0 aromatic heterocycles. The smallest absolute Gasteiger partial charge is 0.205 e. The van der Waals surface area contributed by atoms with Crippen LogP contribution in [0.5, 0.6) is 0 Å². The minimum absolute atomic E-state index is 0.202. The maximum atomic E-state index is 13.0. The topological polar surface area (TPSA) is 18.5 Å². The van der Waals surface area contributed by atoms with Crippen LogP contribution in [0.1, 0.15) is 17.2 Å². The van der Waals surface area contributed by atoms with Crippen molar-refractivity contribution in [2.75, 3.05) is 11.9 Å². The molecule has 2 nitrogen and oxygen atoms in total. The van der Waals surface area contributed by atoms with Crippen LogP contribution in [0.4, 0.5) is 4.39 Å². The zero-order chi connectivity index (χ0) is 14.9. The summed E-state index contributed by atoms with van der Waals surface area (Å²) in [4.78, 5) is 0. The van der Waals surface area contributed by atoms with Crippen LogP contribution < -0.4 is 0 Å². The number of alkyl halides is 1. The maximum Gasteiger partial charge on any atom is 0.205 e. The van der Waals surface area contributed by atoms with Crippen molar-refractivity contribution in [2.45, 2.75) is 11.9 Å². The first-order valence-electron chi connectivity index (χ1n) is 6.52. The minimum atomic E-state index is -0.806. The SMILES string of the molecule is Fc1ccc([C@H]2CO[C@](CBr)(c3ccc(Br)cc3)O2)cc1. The molecule has 0 aliphatic carbocycles. The van der Waals surface area contributed by atoms with E-state index < -0.39 is 5.79 Å². The number of hydrogen-bond acceptors (Lipinski definition) is 2. The van der Waals surface area contributed by atoms with Crippen LogP contribution in [-0.4, -0.2) is 11.9 Å². The van der Waals surface area contributed by atoms with Crippen molar-refractivity contribution in [3.63, 3.8) is 0 Å². The summed E-state index contributed by atoms with van der Waals surface area (Å²) in [5.74, 6) is -1.06. The summed E-state index contributed by atoms with van der Waals surface area (Å²) in [5.41, 5.74) is 1.86. The summed E-state index contributed by atoms with van der Waals surface area (Å²) >= 11 is 6.90. The van der Waals surface area contributed by atoms with Crippen molar-refractivity contribution in [1.29, 1.82) is 0 Å². The van der Waals surface area contributed by atoms with Crippen molar-refractivity contribution in [1.82, 2.24) is 0 Å². The van der Waals surface area contributed by atoms with E-state index in [1.54, 1.807) is 12.1 Å². The molecule has 1 saturated heterocycles. The van der Waals surface area contributed by atoms with E-state index in [-0.39, 0.29) is 11.9 Å². The molecule has 0 radical (unpaired) electrons. The molecule has 21 heavy (non-hydrogen) atoms. The fraction of sp³-hybridized carbons (Fsp3) is 0.250. The van der Waals surface area contributed by atoms with Crippen molar-refractivity contribution >= 4 is 31.9 Å². The van der Waals surface area contributed by atoms with Gasteiger partial charge < -0.3 is 9.47 Å². The predicted octanol–water partition coefficient (Wildman–Crippen LogP) is 4.92. The molecule has 0 amide bonds. The average Bonchev–Trinajstić information content (AvgIpc) is 2.94. The molecule has 2 aromatic carbocycles. The third-order valence-corrected chi connectivity index (χ3v) is 4.77. The van der Waals surface area contributed by atoms with Gasteiger partial charge in [0.1, 0.15) is 11.9 Å². The van der Waals surface area contributed by atoms with Gasteiger partial charge in [0.25, 0.3) is 0 Å². The van der Waals surface area contributed by atoms with Crippen LogP contribution >= 0.6 is 31.9 Å². The number of hydrogen-bond donors (Lipinski definition) is 0. The highest BCUT2D eigenvalue weighted by Crippen LogP contribution is 2.41. The maximum absolute atomic E-state index is 13.0. The van der Waals surface area contributed by atoms with E-state index in [0.29, 0.717) is 11.9 Å². The first kappa shape index (κ1) is 15.2. The lowest BCUT2D eigenvalue weighted by atomic mass is 10.1. The van der Waals surface area contributed by atoms with Gasteiger partial charge in [0.15, 0.2) is 0 Å². The molecule has 110 valence electrons. The normalized spacial score (nSPS) is 25.2. The van der Waals surface area contributed by atoms with Gasteiger partial charge in [-0.15, -0.1) is 0 Å². The van der Waals surface area contributed by atoms with E-state index >= 15 is 0 Å². The molecule has 5 heteroatoms. The van der Waals surface area contributed by atoms with Crippen molar-refractivity contribution in [3.8, 4) is 0 Å². The summed E-state index contributed by atoms with van der Waals surface area (Å²) in [6.45, 7) is 0.438. The first-order chi connectivity index (χ1) is 10.1. The number of rotatable bonds is 3. The summed E-state index contributed by atoms with van der Waals surface area (Å²) in [5, 5.41) is 0.527. The Morgan fingerprint density at radius 2 is 1.76 bits per heavy atom. The van der Waals surface area contributed by atoms with Gasteiger partial charge in [-0.05, 0) is 29.8 Å². The zero-order valence-corrected chi connectivity index (χ0v) is 14.2. The molecule has 0 unspecified atom stereocenters. The second-order valence-electron chi connectivity index (χ2n) is 4.86. The van der Waals surface area contributed by atoms with Crippen LogP contribution in [-0.2, 0) is 15.3 Å². The molecular weight excluding hydrogens is 403 g/mol. The number of benzene rings is 2. The van der Waals surface area contributed by atoms with Gasteiger partial charge in [0.2, 0.25) is 5.79 Å². The molecular formula is C16H13Br2FO2. The number of halogens is 3. The number of ether oxygens (including phenoxy) is 2. The van der Waals surface area contributed by atoms with Gasteiger partial charge in [-0.2, -0.15) is 0 Å². The largest absolute Gasteiger partial charge is 0.342 e. The molecule has 3 rings (SSSR count). The Labute approximate surface area is 139 Å². The fourth-order valence-corrected chi connectivity index (χ4v) is 3.23. The Bertz CT molecular complexity index is 615. The summed E-state index contributed by atoms with van der Waals surface area (Å²) in [6.07, 6.45) is -0.202. The van der Waals surface area contributed by atoms with Gasteiger partial charge in [-0.1, -0.05) is 56.1 Å². The second-order valence-corrected chi connectivity index (χ2v) is 6.34. The fourth-order valence-electron chi connectivity index (χ4n) is 2.35. The predicted molar refractivity (Wildman–Crippen MR) is 85.8 cm³/mol. The molecule has 1 aliphatic rings. The van der Waals surface area contributed by atoms with E-state index in [2.05, 4.69) is 31.9 Å². The van der Waals surface area contributed by atoms with Crippen LogP contribution in [0.15, 0.2) is 53.0 Å². The Morgan fingerprint density at radius 1 is 1.10 bits per heavy atom. The van der Waals surface area contributed by atoms with Gasteiger partial charge >= 0.3 is 0 Å². The summed E-state index contributed by atoms with van der Waals surface area (Å²) in [7, 11) is 0. The molecule has 0 N–H and O–H groups in total. The zero-order valence-electron chi connectivity index (χ0n) is 11.1. The minimum Gasteiger partial charge on any atom is -0.342 e.